The van der Waals surface area contributed by atoms with Gasteiger partial charge in [0.15, 0.2) is 0 Å². The van der Waals surface area contributed by atoms with Crippen LogP contribution in [0.1, 0.15) is 30.1 Å². The summed E-state index contributed by atoms with van der Waals surface area (Å²) in [7, 11) is 1.75. The summed E-state index contributed by atoms with van der Waals surface area (Å²) in [5.74, 6) is 1.15. The third kappa shape index (κ3) is 2.82. The van der Waals surface area contributed by atoms with Crippen molar-refractivity contribution in [3.8, 4) is 0 Å². The fourth-order valence-electron chi connectivity index (χ4n) is 4.56. The number of nitrogens with one attached hydrogen (secondary N) is 1. The summed E-state index contributed by atoms with van der Waals surface area (Å²) < 4.78 is 1.61. The minimum absolute atomic E-state index is 0.0708. The van der Waals surface area contributed by atoms with Crippen LogP contribution in [0.2, 0.25) is 0 Å². The molecule has 2 aromatic heterocycles. The molecule has 8 nitrogen and oxygen atoms in total. The van der Waals surface area contributed by atoms with Gasteiger partial charge in [0.1, 0.15) is 11.4 Å². The third-order valence-electron chi connectivity index (χ3n) is 6.06. The number of hydrogen-bond acceptors (Lipinski definition) is 6. The van der Waals surface area contributed by atoms with Crippen LogP contribution >= 0.6 is 0 Å². The average Bonchev–Trinajstić information content (AvgIpc) is 3.18. The number of aryl methyl sites for hydroxylation is 1. The molecule has 8 heteroatoms. The second kappa shape index (κ2) is 7.12. The fourth-order valence-corrected chi connectivity index (χ4v) is 4.56. The maximum atomic E-state index is 13.7. The maximum Gasteiger partial charge on any atom is 0.263 e. The van der Waals surface area contributed by atoms with Crippen molar-refractivity contribution in [1.82, 2.24) is 14.5 Å². The zero-order chi connectivity index (χ0) is 20.8. The Balaban J connectivity index is 1.68. The Hall–Kier alpha value is -3.42. The standard InChI is InChI=1S/C22H24N6O2/c1-3-23-22-24-12-16-20(25-22)27-11-5-6-14(27)13-28(21(16)30)18-8-4-7-17-15(18)9-10-19(29)26(17)2/h4,7-10,12,14H,3,5-6,11,13H2,1-2H3,(H,23,24,25)/t14-/m0/s1. The van der Waals surface area contributed by atoms with Crippen molar-refractivity contribution >= 4 is 34.3 Å². The molecule has 4 heterocycles. The lowest BCUT2D eigenvalue weighted by Crippen LogP contribution is -2.40. The van der Waals surface area contributed by atoms with Gasteiger partial charge in [-0.25, -0.2) is 4.98 Å². The Morgan fingerprint density at radius 3 is 2.90 bits per heavy atom. The SMILES string of the molecule is CCNc1ncc2c(n1)N1CCC[C@H]1CN(c1cccc3c1ccc(=O)n3C)C2=O. The summed E-state index contributed by atoms with van der Waals surface area (Å²) in [5, 5.41) is 4.03. The first-order chi connectivity index (χ1) is 14.6. The van der Waals surface area contributed by atoms with Gasteiger partial charge in [-0.2, -0.15) is 4.98 Å². The van der Waals surface area contributed by atoms with Gasteiger partial charge in [0.05, 0.1) is 11.2 Å². The Bertz CT molecular complexity index is 1200. The Labute approximate surface area is 174 Å². The van der Waals surface area contributed by atoms with Gasteiger partial charge >= 0.3 is 0 Å². The summed E-state index contributed by atoms with van der Waals surface area (Å²) in [6.07, 6.45) is 3.71. The number of nitrogens with zero attached hydrogens (tertiary/aromatic N) is 5. The van der Waals surface area contributed by atoms with Crippen LogP contribution in [0.25, 0.3) is 10.9 Å². The van der Waals surface area contributed by atoms with Crippen LogP contribution in [0, 0.1) is 0 Å². The van der Waals surface area contributed by atoms with Gasteiger partial charge in [-0.05, 0) is 38.0 Å². The molecule has 1 N–H and O–H groups in total. The van der Waals surface area contributed by atoms with E-state index in [-0.39, 0.29) is 17.5 Å². The summed E-state index contributed by atoms with van der Waals surface area (Å²) in [6, 6.07) is 9.31. The number of pyridine rings is 1. The molecule has 1 fully saturated rings. The lowest BCUT2D eigenvalue weighted by molar-refractivity contribution is 0.0988. The van der Waals surface area contributed by atoms with Gasteiger partial charge in [-0.15, -0.1) is 0 Å². The van der Waals surface area contributed by atoms with Crippen LogP contribution in [0.3, 0.4) is 0 Å². The topological polar surface area (TPSA) is 83.4 Å². The van der Waals surface area contributed by atoms with Crippen LogP contribution < -0.4 is 20.7 Å². The highest BCUT2D eigenvalue weighted by Gasteiger charge is 2.37. The predicted octanol–water partition coefficient (Wildman–Crippen LogP) is 2.39. The lowest BCUT2D eigenvalue weighted by Gasteiger charge is -2.27. The van der Waals surface area contributed by atoms with E-state index in [1.807, 2.05) is 36.1 Å². The van der Waals surface area contributed by atoms with Gasteiger partial charge in [-0.3, -0.25) is 9.59 Å². The van der Waals surface area contributed by atoms with E-state index in [4.69, 9.17) is 0 Å². The number of hydrogen-bond donors (Lipinski definition) is 1. The molecular weight excluding hydrogens is 380 g/mol. The van der Waals surface area contributed by atoms with Crippen molar-refractivity contribution in [1.29, 1.82) is 0 Å². The van der Waals surface area contributed by atoms with Gasteiger partial charge in [0, 0.05) is 50.4 Å². The van der Waals surface area contributed by atoms with E-state index in [0.29, 0.717) is 23.9 Å². The van der Waals surface area contributed by atoms with Crippen molar-refractivity contribution in [2.45, 2.75) is 25.8 Å². The van der Waals surface area contributed by atoms with Crippen molar-refractivity contribution in [2.24, 2.45) is 7.05 Å². The number of anilines is 3. The molecule has 0 bridgehead atoms. The predicted molar refractivity (Wildman–Crippen MR) is 117 cm³/mol. The zero-order valence-electron chi connectivity index (χ0n) is 17.1. The quantitative estimate of drug-likeness (QED) is 0.722. The van der Waals surface area contributed by atoms with Crippen LogP contribution in [0.4, 0.5) is 17.5 Å². The van der Waals surface area contributed by atoms with E-state index < -0.39 is 0 Å². The average molecular weight is 404 g/mol. The number of rotatable bonds is 3. The number of amides is 1. The molecule has 30 heavy (non-hydrogen) atoms. The lowest BCUT2D eigenvalue weighted by atomic mass is 10.1. The molecule has 0 saturated carbocycles. The van der Waals surface area contributed by atoms with Crippen molar-refractivity contribution in [3.63, 3.8) is 0 Å². The summed E-state index contributed by atoms with van der Waals surface area (Å²) in [6.45, 7) is 4.17. The summed E-state index contributed by atoms with van der Waals surface area (Å²) >= 11 is 0. The minimum atomic E-state index is -0.108. The molecule has 1 saturated heterocycles. The third-order valence-corrected chi connectivity index (χ3v) is 6.06. The van der Waals surface area contributed by atoms with Gasteiger partial charge in [-0.1, -0.05) is 6.07 Å². The number of fused-ring (bicyclic) bond motifs is 4. The first kappa shape index (κ1) is 18.6. The molecule has 5 rings (SSSR count). The van der Waals surface area contributed by atoms with Crippen LogP contribution in [0.15, 0.2) is 41.3 Å². The second-order valence-corrected chi connectivity index (χ2v) is 7.81. The molecular formula is C22H24N6O2. The smallest absolute Gasteiger partial charge is 0.263 e. The molecule has 1 atom stereocenters. The maximum absolute atomic E-state index is 13.7. The molecule has 154 valence electrons. The first-order valence-corrected chi connectivity index (χ1v) is 10.4. The summed E-state index contributed by atoms with van der Waals surface area (Å²) in [4.78, 5) is 38.9. The van der Waals surface area contributed by atoms with Crippen molar-refractivity contribution in [3.05, 3.63) is 52.4 Å². The van der Waals surface area contributed by atoms with E-state index in [1.165, 1.54) is 0 Å². The molecule has 1 aromatic carbocycles. The molecule has 0 spiro atoms. The highest BCUT2D eigenvalue weighted by Crippen LogP contribution is 2.36. The molecule has 3 aromatic rings. The largest absolute Gasteiger partial charge is 0.354 e. The van der Waals surface area contributed by atoms with E-state index in [9.17, 15) is 9.59 Å². The Morgan fingerprint density at radius 2 is 2.07 bits per heavy atom. The minimum Gasteiger partial charge on any atom is -0.354 e. The molecule has 0 radical (unpaired) electrons. The highest BCUT2D eigenvalue weighted by molar-refractivity contribution is 6.13. The summed E-state index contributed by atoms with van der Waals surface area (Å²) in [5.41, 5.74) is 2.06. The fraction of sp³-hybridized carbons (Fsp3) is 0.364. The van der Waals surface area contributed by atoms with Crippen molar-refractivity contribution < 1.29 is 4.79 Å². The van der Waals surface area contributed by atoms with Gasteiger partial charge < -0.3 is 19.7 Å². The van der Waals surface area contributed by atoms with Gasteiger partial charge in [0.2, 0.25) is 5.95 Å². The van der Waals surface area contributed by atoms with E-state index in [1.54, 1.807) is 23.9 Å². The molecule has 0 aliphatic carbocycles. The second-order valence-electron chi connectivity index (χ2n) is 7.81. The number of carbonyl (C=O) groups excluding carboxylic acids is 1. The number of carbonyl (C=O) groups is 1. The van der Waals surface area contributed by atoms with E-state index in [0.717, 1.165) is 42.5 Å². The normalized spacial score (nSPS) is 18.3. The molecule has 1 amide bonds. The Kier molecular flexibility index (Phi) is 4.42. The number of benzene rings is 1. The molecule has 2 aliphatic heterocycles. The van der Waals surface area contributed by atoms with Crippen LogP contribution in [-0.4, -0.2) is 46.1 Å². The van der Waals surface area contributed by atoms with Crippen molar-refractivity contribution in [2.75, 3.05) is 34.8 Å². The van der Waals surface area contributed by atoms with E-state index >= 15 is 0 Å². The Morgan fingerprint density at radius 1 is 1.20 bits per heavy atom. The van der Waals surface area contributed by atoms with Gasteiger partial charge in [0.25, 0.3) is 11.5 Å². The first-order valence-electron chi connectivity index (χ1n) is 10.4. The monoisotopic (exact) mass is 404 g/mol. The molecule has 2 aliphatic rings. The van der Waals surface area contributed by atoms with Crippen LogP contribution in [-0.2, 0) is 7.05 Å². The van der Waals surface area contributed by atoms with Crippen LogP contribution in [0.5, 0.6) is 0 Å². The number of aromatic nitrogens is 3. The zero-order valence-corrected chi connectivity index (χ0v) is 17.1. The van der Waals surface area contributed by atoms with E-state index in [2.05, 4.69) is 20.2 Å². The molecule has 0 unspecified atom stereocenters. The highest BCUT2D eigenvalue weighted by atomic mass is 16.2.